The Bertz CT molecular complexity index is 890. The zero-order chi connectivity index (χ0) is 21.6. The van der Waals surface area contributed by atoms with Gasteiger partial charge in [0.1, 0.15) is 0 Å². The van der Waals surface area contributed by atoms with Crippen LogP contribution in [-0.2, 0) is 34.2 Å². The summed E-state index contributed by atoms with van der Waals surface area (Å²) >= 11 is 0. The van der Waals surface area contributed by atoms with Crippen molar-refractivity contribution in [2.75, 3.05) is 25.5 Å². The van der Waals surface area contributed by atoms with Crippen molar-refractivity contribution in [2.45, 2.75) is 57.6 Å². The van der Waals surface area contributed by atoms with Gasteiger partial charge in [-0.2, -0.15) is 0 Å². The Labute approximate surface area is 179 Å². The maximum atomic E-state index is 13.1. The van der Waals surface area contributed by atoms with Crippen molar-refractivity contribution in [1.29, 1.82) is 0 Å². The van der Waals surface area contributed by atoms with Gasteiger partial charge in [0.25, 0.3) is 0 Å². The van der Waals surface area contributed by atoms with E-state index >= 15 is 0 Å². The molecule has 8 heteroatoms. The second-order valence-electron chi connectivity index (χ2n) is 8.37. The highest BCUT2D eigenvalue weighted by Gasteiger charge is 2.29. The molecule has 1 aliphatic heterocycles. The molecule has 0 bridgehead atoms. The van der Waals surface area contributed by atoms with Crippen molar-refractivity contribution in [3.05, 3.63) is 47.8 Å². The molecule has 30 heavy (non-hydrogen) atoms. The third-order valence-electron chi connectivity index (χ3n) is 5.21. The number of nitrogens with zero attached hydrogens (tertiary/aromatic N) is 3. The number of imidazole rings is 1. The zero-order valence-electron chi connectivity index (χ0n) is 17.9. The Hall–Kier alpha value is -1.74. The summed E-state index contributed by atoms with van der Waals surface area (Å²) in [6.07, 6.45) is 3.10. The van der Waals surface area contributed by atoms with Crippen molar-refractivity contribution >= 4 is 9.84 Å². The summed E-state index contributed by atoms with van der Waals surface area (Å²) in [4.78, 5) is 6.44. The number of aliphatic hydroxyl groups excluding tert-OH is 1. The highest BCUT2D eigenvalue weighted by atomic mass is 32.2. The predicted molar refractivity (Wildman–Crippen MR) is 116 cm³/mol. The van der Waals surface area contributed by atoms with Gasteiger partial charge in [-0.15, -0.1) is 0 Å². The molecule has 0 spiro atoms. The van der Waals surface area contributed by atoms with Gasteiger partial charge in [0.15, 0.2) is 0 Å². The largest absolute Gasteiger partial charge is 0.395 e. The Morgan fingerprint density at radius 3 is 2.67 bits per heavy atom. The Morgan fingerprint density at radius 2 is 2.03 bits per heavy atom. The standard InChI is InChI=1S/C22H33N3O4S/c1-18(2)14-25-20(16-24(10-11-26)15-19-7-4-3-5-8-19)13-23-22(25)30(27,28)17-21-9-6-12-29-21/h3-5,7-8,13,18,21,26H,6,9-12,14-17H2,1-2H3. The molecule has 166 valence electrons. The van der Waals surface area contributed by atoms with E-state index in [1.54, 1.807) is 6.20 Å². The quantitative estimate of drug-likeness (QED) is 0.584. The molecule has 1 saturated heterocycles. The van der Waals surface area contributed by atoms with E-state index in [0.29, 0.717) is 32.8 Å². The fourth-order valence-electron chi connectivity index (χ4n) is 3.85. The van der Waals surface area contributed by atoms with E-state index < -0.39 is 9.84 Å². The lowest BCUT2D eigenvalue weighted by atomic mass is 10.2. The molecule has 3 rings (SSSR count). The highest BCUT2D eigenvalue weighted by molar-refractivity contribution is 7.91. The summed E-state index contributed by atoms with van der Waals surface area (Å²) in [6, 6.07) is 10.1. The lowest BCUT2D eigenvalue weighted by Crippen LogP contribution is -2.29. The molecule has 2 aromatic rings. The van der Waals surface area contributed by atoms with Crippen LogP contribution in [0.4, 0.5) is 0 Å². The molecule has 1 aromatic heterocycles. The smallest absolute Gasteiger partial charge is 0.227 e. The minimum atomic E-state index is -3.55. The van der Waals surface area contributed by atoms with Gasteiger partial charge in [0.05, 0.1) is 30.4 Å². The van der Waals surface area contributed by atoms with Gasteiger partial charge in [0, 0.05) is 32.8 Å². The minimum Gasteiger partial charge on any atom is -0.395 e. The van der Waals surface area contributed by atoms with E-state index in [1.807, 2.05) is 34.9 Å². The fraction of sp³-hybridized carbons (Fsp3) is 0.591. The monoisotopic (exact) mass is 435 g/mol. The molecule has 1 N–H and O–H groups in total. The SMILES string of the molecule is CC(C)Cn1c(CN(CCO)Cc2ccccc2)cnc1S(=O)(=O)CC1CCCO1. The van der Waals surface area contributed by atoms with Gasteiger partial charge in [-0.3, -0.25) is 4.90 Å². The van der Waals surface area contributed by atoms with Crippen LogP contribution in [0.25, 0.3) is 0 Å². The predicted octanol–water partition coefficient (Wildman–Crippen LogP) is 2.49. The van der Waals surface area contributed by atoms with E-state index in [1.165, 1.54) is 0 Å². The summed E-state index contributed by atoms with van der Waals surface area (Å²) in [5.41, 5.74) is 1.99. The first-order valence-electron chi connectivity index (χ1n) is 10.6. The molecule has 1 fully saturated rings. The second kappa shape index (κ2) is 10.5. The van der Waals surface area contributed by atoms with E-state index in [2.05, 4.69) is 23.7 Å². The van der Waals surface area contributed by atoms with Gasteiger partial charge < -0.3 is 14.4 Å². The molecular formula is C22H33N3O4S. The van der Waals surface area contributed by atoms with Crippen LogP contribution in [0.1, 0.15) is 37.9 Å². The normalized spacial score (nSPS) is 17.3. The van der Waals surface area contributed by atoms with Crippen LogP contribution >= 0.6 is 0 Å². The number of rotatable bonds is 11. The fourth-order valence-corrected chi connectivity index (χ4v) is 5.49. The first-order valence-corrected chi connectivity index (χ1v) is 12.3. The Kier molecular flexibility index (Phi) is 8.05. The topological polar surface area (TPSA) is 84.7 Å². The summed E-state index contributed by atoms with van der Waals surface area (Å²) in [5.74, 6) is 0.251. The molecule has 1 unspecified atom stereocenters. The highest BCUT2D eigenvalue weighted by Crippen LogP contribution is 2.22. The van der Waals surface area contributed by atoms with Crippen LogP contribution < -0.4 is 0 Å². The van der Waals surface area contributed by atoms with Crippen molar-refractivity contribution in [1.82, 2.24) is 14.5 Å². The molecule has 1 aromatic carbocycles. The average Bonchev–Trinajstić information content (AvgIpc) is 3.33. The van der Waals surface area contributed by atoms with Gasteiger partial charge in [-0.25, -0.2) is 13.4 Å². The van der Waals surface area contributed by atoms with Crippen LogP contribution in [-0.4, -0.2) is 59.6 Å². The number of benzene rings is 1. The molecule has 0 saturated carbocycles. The lowest BCUT2D eigenvalue weighted by Gasteiger charge is -2.23. The first kappa shape index (κ1) is 22.9. The van der Waals surface area contributed by atoms with E-state index in [-0.39, 0.29) is 29.5 Å². The molecule has 2 heterocycles. The average molecular weight is 436 g/mol. The summed E-state index contributed by atoms with van der Waals surface area (Å²) in [7, 11) is -3.55. The number of sulfone groups is 1. The summed E-state index contributed by atoms with van der Waals surface area (Å²) < 4.78 is 33.6. The lowest BCUT2D eigenvalue weighted by molar-refractivity contribution is 0.127. The second-order valence-corrected chi connectivity index (χ2v) is 10.3. The van der Waals surface area contributed by atoms with Crippen molar-refractivity contribution in [3.8, 4) is 0 Å². The molecule has 1 aliphatic rings. The molecule has 7 nitrogen and oxygen atoms in total. The Balaban J connectivity index is 1.84. The Morgan fingerprint density at radius 1 is 1.27 bits per heavy atom. The van der Waals surface area contributed by atoms with Gasteiger partial charge in [-0.1, -0.05) is 44.2 Å². The molecule has 0 amide bonds. The van der Waals surface area contributed by atoms with E-state index in [9.17, 15) is 13.5 Å². The number of hydrogen-bond donors (Lipinski definition) is 1. The maximum Gasteiger partial charge on any atom is 0.227 e. The third-order valence-corrected chi connectivity index (χ3v) is 6.90. The molecule has 1 atom stereocenters. The van der Waals surface area contributed by atoms with E-state index in [4.69, 9.17) is 4.74 Å². The minimum absolute atomic E-state index is 0.0219. The van der Waals surface area contributed by atoms with Crippen LogP contribution in [0.3, 0.4) is 0 Å². The van der Waals surface area contributed by atoms with Gasteiger partial charge >= 0.3 is 0 Å². The van der Waals surface area contributed by atoms with E-state index in [0.717, 1.165) is 24.1 Å². The van der Waals surface area contributed by atoms with Crippen LogP contribution in [0, 0.1) is 5.92 Å². The van der Waals surface area contributed by atoms with Crippen LogP contribution in [0.15, 0.2) is 41.7 Å². The van der Waals surface area contributed by atoms with Crippen LogP contribution in [0.5, 0.6) is 0 Å². The molecule has 0 aliphatic carbocycles. The number of aromatic nitrogens is 2. The summed E-state index contributed by atoms with van der Waals surface area (Å²) in [5, 5.41) is 9.66. The molecule has 0 radical (unpaired) electrons. The number of aliphatic hydroxyl groups is 1. The number of hydrogen-bond acceptors (Lipinski definition) is 6. The summed E-state index contributed by atoms with van der Waals surface area (Å²) in [6.45, 7) is 7.06. The van der Waals surface area contributed by atoms with Crippen LogP contribution in [0.2, 0.25) is 0 Å². The number of ether oxygens (including phenoxy) is 1. The molecular weight excluding hydrogens is 402 g/mol. The van der Waals surface area contributed by atoms with Gasteiger partial charge in [-0.05, 0) is 24.3 Å². The zero-order valence-corrected chi connectivity index (χ0v) is 18.7. The van der Waals surface area contributed by atoms with Crippen molar-refractivity contribution < 1.29 is 18.3 Å². The maximum absolute atomic E-state index is 13.1. The van der Waals surface area contributed by atoms with Gasteiger partial charge in [0.2, 0.25) is 15.0 Å². The van der Waals surface area contributed by atoms with Crippen molar-refractivity contribution in [2.24, 2.45) is 5.92 Å². The van der Waals surface area contributed by atoms with Crippen molar-refractivity contribution in [3.63, 3.8) is 0 Å². The third kappa shape index (κ3) is 6.14. The first-order chi connectivity index (χ1) is 14.4.